The topological polar surface area (TPSA) is 82.5 Å². The van der Waals surface area contributed by atoms with Gasteiger partial charge in [-0.1, -0.05) is 53.5 Å². The highest BCUT2D eigenvalue weighted by Gasteiger charge is 2.32. The summed E-state index contributed by atoms with van der Waals surface area (Å²) in [5, 5.41) is 3.99. The number of carbonyl (C=O) groups excluding carboxylic acids is 1. The van der Waals surface area contributed by atoms with Crippen molar-refractivity contribution in [1.82, 2.24) is 9.55 Å². The maximum Gasteiger partial charge on any atom is 0.279 e. The number of hydrogen-bond donors (Lipinski definition) is 1. The van der Waals surface area contributed by atoms with Gasteiger partial charge in [0, 0.05) is 30.2 Å². The molecule has 3 aromatic rings. The Balaban J connectivity index is 1.70. The number of thioether (sulfide) groups is 1. The van der Waals surface area contributed by atoms with Gasteiger partial charge in [-0.3, -0.25) is 9.59 Å². The summed E-state index contributed by atoms with van der Waals surface area (Å²) in [4.78, 5) is 30.1. The number of ether oxygens (including phenoxy) is 2. The summed E-state index contributed by atoms with van der Waals surface area (Å²) in [5.41, 5.74) is 1.73. The van der Waals surface area contributed by atoms with Crippen molar-refractivity contribution >= 4 is 35.1 Å². The minimum absolute atomic E-state index is 0.101. The second kappa shape index (κ2) is 10.2. The van der Waals surface area contributed by atoms with Gasteiger partial charge in [-0.05, 0) is 29.3 Å². The third kappa shape index (κ3) is 4.76. The summed E-state index contributed by atoms with van der Waals surface area (Å²) < 4.78 is 12.7. The van der Waals surface area contributed by atoms with Gasteiger partial charge in [0.1, 0.15) is 12.4 Å². The largest absolute Gasteiger partial charge is 0.493 e. The standard InChI is InChI=1S/C25H22ClN3O4S/c1-4-11-33-19-10-9-15(12-20(19)32-3)17-13-21(30)27-23-22(17)24(31)28-25(29(23)2)34-14-16-7-5-6-8-18(16)26/h1,5-10,12,17H,11,13-14H2,2-3H3,(H,27,30)/t17-/m1/s1. The predicted octanol–water partition coefficient (Wildman–Crippen LogP) is 4.22. The Hall–Kier alpha value is -3.41. The van der Waals surface area contributed by atoms with E-state index in [4.69, 9.17) is 27.5 Å². The highest BCUT2D eigenvalue weighted by Crippen LogP contribution is 2.39. The van der Waals surface area contributed by atoms with Crippen molar-refractivity contribution in [3.63, 3.8) is 0 Å². The van der Waals surface area contributed by atoms with Crippen molar-refractivity contribution in [1.29, 1.82) is 0 Å². The second-order valence-corrected chi connectivity index (χ2v) is 8.96. The van der Waals surface area contributed by atoms with E-state index >= 15 is 0 Å². The monoisotopic (exact) mass is 495 g/mol. The Morgan fingerprint density at radius 3 is 2.79 bits per heavy atom. The lowest BCUT2D eigenvalue weighted by atomic mass is 9.86. The molecule has 2 heterocycles. The number of nitrogens with zero attached hydrogens (tertiary/aromatic N) is 2. The van der Waals surface area contributed by atoms with Crippen LogP contribution in [0, 0.1) is 12.3 Å². The molecule has 0 fully saturated rings. The van der Waals surface area contributed by atoms with Crippen molar-refractivity contribution in [2.24, 2.45) is 7.05 Å². The number of nitrogens with one attached hydrogen (secondary N) is 1. The first-order valence-electron chi connectivity index (χ1n) is 10.4. The maximum atomic E-state index is 13.2. The van der Waals surface area contributed by atoms with Crippen molar-refractivity contribution in [2.75, 3.05) is 19.0 Å². The molecule has 0 unspecified atom stereocenters. The molecule has 34 heavy (non-hydrogen) atoms. The fourth-order valence-corrected chi connectivity index (χ4v) is 5.10. The van der Waals surface area contributed by atoms with Gasteiger partial charge in [-0.25, -0.2) is 0 Å². The average Bonchev–Trinajstić information content (AvgIpc) is 2.84. The molecule has 0 saturated carbocycles. The van der Waals surface area contributed by atoms with E-state index in [-0.39, 0.29) is 24.5 Å². The molecule has 1 N–H and O–H groups in total. The lowest BCUT2D eigenvalue weighted by Gasteiger charge is -2.28. The molecule has 7 nitrogen and oxygen atoms in total. The van der Waals surface area contributed by atoms with Crippen LogP contribution >= 0.6 is 23.4 Å². The quantitative estimate of drug-likeness (QED) is 0.300. The van der Waals surface area contributed by atoms with E-state index in [1.807, 2.05) is 24.3 Å². The van der Waals surface area contributed by atoms with Crippen molar-refractivity contribution < 1.29 is 14.3 Å². The first-order chi connectivity index (χ1) is 16.4. The zero-order chi connectivity index (χ0) is 24.2. The van der Waals surface area contributed by atoms with Gasteiger partial charge in [0.25, 0.3) is 5.56 Å². The third-order valence-corrected chi connectivity index (χ3v) is 6.96. The molecule has 1 aliphatic rings. The highest BCUT2D eigenvalue weighted by atomic mass is 35.5. The van der Waals surface area contributed by atoms with Crippen molar-refractivity contribution in [3.8, 4) is 23.8 Å². The molecule has 1 aromatic heterocycles. The van der Waals surface area contributed by atoms with Crippen LogP contribution < -0.4 is 20.3 Å². The van der Waals surface area contributed by atoms with Gasteiger partial charge in [-0.15, -0.1) is 6.42 Å². The Bertz CT molecular complexity index is 1350. The van der Waals surface area contributed by atoms with Crippen LogP contribution in [0.3, 0.4) is 0 Å². The average molecular weight is 496 g/mol. The Morgan fingerprint density at radius 1 is 1.26 bits per heavy atom. The van der Waals surface area contributed by atoms with Crippen LogP contribution in [0.5, 0.6) is 11.5 Å². The molecule has 0 saturated heterocycles. The lowest BCUT2D eigenvalue weighted by molar-refractivity contribution is -0.116. The van der Waals surface area contributed by atoms with E-state index in [9.17, 15) is 9.59 Å². The molecule has 9 heteroatoms. The molecular formula is C25H22ClN3O4S. The summed E-state index contributed by atoms with van der Waals surface area (Å²) in [6.07, 6.45) is 5.39. The minimum atomic E-state index is -0.479. The zero-order valence-corrected chi connectivity index (χ0v) is 20.2. The number of aromatic nitrogens is 2. The van der Waals surface area contributed by atoms with E-state index < -0.39 is 5.92 Å². The molecule has 0 aliphatic carbocycles. The Kier molecular flexibility index (Phi) is 7.15. The summed E-state index contributed by atoms with van der Waals surface area (Å²) in [6, 6.07) is 12.8. The first-order valence-corrected chi connectivity index (χ1v) is 11.8. The van der Waals surface area contributed by atoms with Gasteiger partial charge in [-0.2, -0.15) is 4.98 Å². The summed E-state index contributed by atoms with van der Waals surface area (Å²) in [6.45, 7) is 0.101. The number of hydrogen-bond acceptors (Lipinski definition) is 6. The van der Waals surface area contributed by atoms with Crippen LogP contribution in [0.2, 0.25) is 5.02 Å². The molecular weight excluding hydrogens is 474 g/mol. The molecule has 1 atom stereocenters. The van der Waals surface area contributed by atoms with Gasteiger partial charge in [0.2, 0.25) is 5.91 Å². The van der Waals surface area contributed by atoms with E-state index in [1.165, 1.54) is 18.9 Å². The number of amides is 1. The number of carbonyl (C=O) groups is 1. The zero-order valence-electron chi connectivity index (χ0n) is 18.6. The molecule has 174 valence electrons. The molecule has 1 amide bonds. The normalized spacial score (nSPS) is 14.6. The summed E-state index contributed by atoms with van der Waals surface area (Å²) in [5.74, 6) is 3.68. The number of terminal acetylenes is 1. The first kappa shape index (κ1) is 23.7. The minimum Gasteiger partial charge on any atom is -0.493 e. The molecule has 1 aliphatic heterocycles. The van der Waals surface area contributed by atoms with Crippen LogP contribution in [-0.4, -0.2) is 29.2 Å². The van der Waals surface area contributed by atoms with E-state index in [2.05, 4.69) is 16.2 Å². The maximum absolute atomic E-state index is 13.2. The van der Waals surface area contributed by atoms with Crippen molar-refractivity contribution in [2.45, 2.75) is 23.2 Å². The molecule has 0 spiro atoms. The third-order valence-electron chi connectivity index (χ3n) is 5.52. The van der Waals surface area contributed by atoms with E-state index in [0.29, 0.717) is 38.8 Å². The second-order valence-electron chi connectivity index (χ2n) is 7.61. The van der Waals surface area contributed by atoms with Gasteiger partial charge >= 0.3 is 0 Å². The number of benzene rings is 2. The van der Waals surface area contributed by atoms with E-state index in [0.717, 1.165) is 11.1 Å². The van der Waals surface area contributed by atoms with Crippen LogP contribution in [0.4, 0.5) is 5.82 Å². The predicted molar refractivity (Wildman–Crippen MR) is 133 cm³/mol. The van der Waals surface area contributed by atoms with Crippen LogP contribution in [0.25, 0.3) is 0 Å². The molecule has 0 bridgehead atoms. The van der Waals surface area contributed by atoms with Crippen LogP contribution in [-0.2, 0) is 17.6 Å². The van der Waals surface area contributed by atoms with Crippen LogP contribution in [0.1, 0.15) is 29.0 Å². The van der Waals surface area contributed by atoms with Crippen LogP contribution in [0.15, 0.2) is 52.4 Å². The SMILES string of the molecule is C#CCOc1ccc([C@H]2CC(=O)Nc3c2c(=O)nc(SCc2ccccc2Cl)n3C)cc1OC. The number of anilines is 1. The summed E-state index contributed by atoms with van der Waals surface area (Å²) >= 11 is 7.64. The lowest BCUT2D eigenvalue weighted by Crippen LogP contribution is -2.33. The molecule has 0 radical (unpaired) electrons. The number of fused-ring (bicyclic) bond motifs is 1. The van der Waals surface area contributed by atoms with Gasteiger partial charge in [0.15, 0.2) is 16.7 Å². The Morgan fingerprint density at radius 2 is 2.06 bits per heavy atom. The number of methoxy groups -OCH3 is 1. The number of rotatable bonds is 7. The van der Waals surface area contributed by atoms with Crippen molar-refractivity contribution in [3.05, 3.63) is 74.5 Å². The van der Waals surface area contributed by atoms with E-state index in [1.54, 1.807) is 29.8 Å². The Labute approximate surface area is 206 Å². The van der Waals surface area contributed by atoms with Gasteiger partial charge < -0.3 is 19.4 Å². The highest BCUT2D eigenvalue weighted by molar-refractivity contribution is 7.98. The molecule has 4 rings (SSSR count). The molecule has 2 aromatic carbocycles. The fraction of sp³-hybridized carbons (Fsp3) is 0.240. The smallest absolute Gasteiger partial charge is 0.279 e. The summed E-state index contributed by atoms with van der Waals surface area (Å²) in [7, 11) is 3.30. The fourth-order valence-electron chi connectivity index (χ4n) is 3.85. The number of halogens is 1. The van der Waals surface area contributed by atoms with Gasteiger partial charge in [0.05, 0.1) is 12.7 Å².